The van der Waals surface area contributed by atoms with E-state index in [9.17, 15) is 0 Å². The minimum atomic E-state index is 0.421. The SMILES string of the molecule is CC(C)SSC(C)C(C)(C)CC(C)(C)C. The van der Waals surface area contributed by atoms with E-state index >= 15 is 0 Å². The Labute approximate surface area is 105 Å². The molecule has 0 rings (SSSR count). The molecule has 0 saturated heterocycles. The Hall–Kier alpha value is 0.700. The van der Waals surface area contributed by atoms with E-state index in [4.69, 9.17) is 0 Å². The summed E-state index contributed by atoms with van der Waals surface area (Å²) in [6.45, 7) is 18.7. The van der Waals surface area contributed by atoms with Gasteiger partial charge in [-0.2, -0.15) is 0 Å². The summed E-state index contributed by atoms with van der Waals surface area (Å²) in [7, 11) is 4.06. The fourth-order valence-corrected chi connectivity index (χ4v) is 4.52. The summed E-state index contributed by atoms with van der Waals surface area (Å²) >= 11 is 0. The first-order valence-corrected chi connectivity index (χ1v) is 8.14. The van der Waals surface area contributed by atoms with Gasteiger partial charge in [0.05, 0.1) is 0 Å². The van der Waals surface area contributed by atoms with Crippen molar-refractivity contribution in [1.29, 1.82) is 0 Å². The third-order valence-electron chi connectivity index (χ3n) is 2.48. The highest BCUT2D eigenvalue weighted by molar-refractivity contribution is 8.77. The normalized spacial score (nSPS) is 15.8. The zero-order valence-corrected chi connectivity index (χ0v) is 13.3. The molecule has 0 aromatic heterocycles. The smallest absolute Gasteiger partial charge is 0.0174 e. The summed E-state index contributed by atoms with van der Waals surface area (Å²) in [6.07, 6.45) is 1.28. The van der Waals surface area contributed by atoms with Crippen molar-refractivity contribution in [1.82, 2.24) is 0 Å². The van der Waals surface area contributed by atoms with E-state index in [0.29, 0.717) is 16.1 Å². The minimum absolute atomic E-state index is 0.421. The van der Waals surface area contributed by atoms with Crippen LogP contribution >= 0.6 is 21.6 Å². The molecule has 0 aliphatic rings. The number of hydrogen-bond acceptors (Lipinski definition) is 2. The molecular formula is C13H28S2. The lowest BCUT2D eigenvalue weighted by atomic mass is 9.74. The van der Waals surface area contributed by atoms with E-state index in [-0.39, 0.29) is 0 Å². The van der Waals surface area contributed by atoms with E-state index in [0.717, 1.165) is 5.25 Å². The highest BCUT2D eigenvalue weighted by Gasteiger charge is 2.31. The van der Waals surface area contributed by atoms with Crippen molar-refractivity contribution in [3.8, 4) is 0 Å². The third-order valence-corrected chi connectivity index (χ3v) is 6.26. The predicted molar refractivity (Wildman–Crippen MR) is 77.6 cm³/mol. The maximum atomic E-state index is 2.40. The van der Waals surface area contributed by atoms with Crippen molar-refractivity contribution >= 4 is 21.6 Å². The molecule has 0 N–H and O–H groups in total. The Morgan fingerprint density at radius 2 is 1.33 bits per heavy atom. The van der Waals surface area contributed by atoms with E-state index < -0.39 is 0 Å². The van der Waals surface area contributed by atoms with Gasteiger partial charge in [-0.25, -0.2) is 0 Å². The van der Waals surface area contributed by atoms with Crippen LogP contribution in [0.3, 0.4) is 0 Å². The molecule has 1 unspecified atom stereocenters. The summed E-state index contributed by atoms with van der Waals surface area (Å²) in [5, 5.41) is 1.44. The molecule has 0 bridgehead atoms. The molecule has 0 heterocycles. The zero-order chi connectivity index (χ0) is 12.3. The first-order valence-electron chi connectivity index (χ1n) is 5.87. The van der Waals surface area contributed by atoms with Gasteiger partial charge in [-0.3, -0.25) is 0 Å². The van der Waals surface area contributed by atoms with Crippen LogP contribution in [0, 0.1) is 10.8 Å². The molecule has 0 aliphatic heterocycles. The minimum Gasteiger partial charge on any atom is -0.0910 e. The Morgan fingerprint density at radius 1 is 0.867 bits per heavy atom. The van der Waals surface area contributed by atoms with E-state index in [1.807, 2.05) is 21.6 Å². The van der Waals surface area contributed by atoms with Gasteiger partial charge in [-0.05, 0) is 17.3 Å². The van der Waals surface area contributed by atoms with Crippen LogP contribution in [0.2, 0.25) is 0 Å². The number of rotatable bonds is 5. The van der Waals surface area contributed by atoms with Crippen LogP contribution in [-0.2, 0) is 0 Å². The molecule has 0 fully saturated rings. The molecule has 2 heteroatoms. The summed E-state index contributed by atoms with van der Waals surface area (Å²) in [4.78, 5) is 0. The average molecular weight is 249 g/mol. The van der Waals surface area contributed by atoms with Crippen molar-refractivity contribution in [2.24, 2.45) is 10.8 Å². The molecule has 0 aromatic rings. The number of hydrogen-bond donors (Lipinski definition) is 0. The quantitative estimate of drug-likeness (QED) is 0.579. The summed E-state index contributed by atoms with van der Waals surface area (Å²) in [5.74, 6) is 0. The monoisotopic (exact) mass is 248 g/mol. The maximum Gasteiger partial charge on any atom is 0.0174 e. The van der Waals surface area contributed by atoms with Crippen molar-refractivity contribution in [3.63, 3.8) is 0 Å². The van der Waals surface area contributed by atoms with E-state index in [1.54, 1.807) is 0 Å². The van der Waals surface area contributed by atoms with Gasteiger partial charge in [0.15, 0.2) is 0 Å². The molecule has 0 radical (unpaired) electrons. The summed E-state index contributed by atoms with van der Waals surface area (Å²) in [6, 6.07) is 0. The first kappa shape index (κ1) is 15.7. The molecule has 0 aliphatic carbocycles. The van der Waals surface area contributed by atoms with E-state index in [1.165, 1.54) is 6.42 Å². The lowest BCUT2D eigenvalue weighted by Gasteiger charge is -2.37. The van der Waals surface area contributed by atoms with Crippen LogP contribution in [0.15, 0.2) is 0 Å². The van der Waals surface area contributed by atoms with Gasteiger partial charge in [-0.15, -0.1) is 0 Å². The molecule has 0 amide bonds. The zero-order valence-electron chi connectivity index (χ0n) is 11.7. The standard InChI is InChI=1S/C13H28S2/c1-10(2)14-15-11(3)13(7,8)9-12(4,5)6/h10-11H,9H2,1-8H3. The second-order valence-electron chi connectivity index (χ2n) is 6.61. The molecule has 0 aromatic carbocycles. The largest absolute Gasteiger partial charge is 0.0910 e. The van der Waals surface area contributed by atoms with Crippen molar-refractivity contribution in [2.45, 2.75) is 72.3 Å². The van der Waals surface area contributed by atoms with Gasteiger partial charge >= 0.3 is 0 Å². The second-order valence-corrected chi connectivity index (χ2v) is 9.80. The van der Waals surface area contributed by atoms with Crippen LogP contribution in [0.5, 0.6) is 0 Å². The van der Waals surface area contributed by atoms with Crippen LogP contribution in [0.1, 0.15) is 61.8 Å². The van der Waals surface area contributed by atoms with Gasteiger partial charge < -0.3 is 0 Å². The van der Waals surface area contributed by atoms with Gasteiger partial charge in [-0.1, -0.05) is 77.0 Å². The fraction of sp³-hybridized carbons (Fsp3) is 1.00. The van der Waals surface area contributed by atoms with Gasteiger partial charge in [0.25, 0.3) is 0 Å². The van der Waals surface area contributed by atoms with E-state index in [2.05, 4.69) is 55.4 Å². The van der Waals surface area contributed by atoms with Crippen molar-refractivity contribution < 1.29 is 0 Å². The van der Waals surface area contributed by atoms with Gasteiger partial charge in [0.1, 0.15) is 0 Å². The van der Waals surface area contributed by atoms with Crippen LogP contribution in [0.25, 0.3) is 0 Å². The lowest BCUT2D eigenvalue weighted by molar-refractivity contribution is 0.213. The van der Waals surface area contributed by atoms with Crippen LogP contribution in [0.4, 0.5) is 0 Å². The molecule has 0 nitrogen and oxygen atoms in total. The lowest BCUT2D eigenvalue weighted by Crippen LogP contribution is -2.29. The molecule has 0 saturated carbocycles. The van der Waals surface area contributed by atoms with Crippen LogP contribution < -0.4 is 0 Å². The second kappa shape index (κ2) is 5.86. The highest BCUT2D eigenvalue weighted by atomic mass is 33.1. The Morgan fingerprint density at radius 3 is 1.67 bits per heavy atom. The topological polar surface area (TPSA) is 0 Å². The Kier molecular flexibility index (Phi) is 6.13. The average Bonchev–Trinajstić information content (AvgIpc) is 1.94. The summed E-state index contributed by atoms with van der Waals surface area (Å²) < 4.78 is 0. The van der Waals surface area contributed by atoms with Crippen molar-refractivity contribution in [2.75, 3.05) is 0 Å². The fourth-order valence-electron chi connectivity index (χ4n) is 1.84. The predicted octanol–water partition coefficient (Wildman–Crippen LogP) is 5.63. The van der Waals surface area contributed by atoms with Crippen LogP contribution in [-0.4, -0.2) is 10.5 Å². The molecule has 1 atom stereocenters. The Balaban J connectivity index is 4.19. The van der Waals surface area contributed by atoms with Crippen molar-refractivity contribution in [3.05, 3.63) is 0 Å². The first-order chi connectivity index (χ1) is 6.54. The van der Waals surface area contributed by atoms with Gasteiger partial charge in [0, 0.05) is 10.5 Å². The Bertz CT molecular complexity index is 177. The summed E-state index contributed by atoms with van der Waals surface area (Å²) in [5.41, 5.74) is 0.853. The van der Waals surface area contributed by atoms with Gasteiger partial charge in [0.2, 0.25) is 0 Å². The molecular weight excluding hydrogens is 220 g/mol. The molecule has 0 spiro atoms. The molecule has 92 valence electrons. The maximum absolute atomic E-state index is 2.40. The molecule has 15 heavy (non-hydrogen) atoms. The third kappa shape index (κ3) is 7.57. The highest BCUT2D eigenvalue weighted by Crippen LogP contribution is 2.44.